The second-order valence-electron chi connectivity index (χ2n) is 5.69. The number of likely N-dealkylation sites (N-methyl/N-ethyl adjacent to an activating group) is 1. The summed E-state index contributed by atoms with van der Waals surface area (Å²) in [5, 5.41) is 7.61. The lowest BCUT2D eigenvalue weighted by atomic mass is 9.83. The highest BCUT2D eigenvalue weighted by Gasteiger charge is 2.32. The minimum atomic E-state index is 0.0835. The Morgan fingerprint density at radius 1 is 1.44 bits per heavy atom. The van der Waals surface area contributed by atoms with Crippen LogP contribution in [-0.2, 0) is 18.2 Å². The zero-order chi connectivity index (χ0) is 13.8. The number of nitrogens with zero attached hydrogens (tertiary/aromatic N) is 3. The number of aryl methyl sites for hydroxylation is 1. The molecule has 5 nitrogen and oxygen atoms in total. The van der Waals surface area contributed by atoms with Crippen molar-refractivity contribution in [2.24, 2.45) is 12.5 Å². The predicted molar refractivity (Wildman–Crippen MR) is 72.4 cm³/mol. The van der Waals surface area contributed by atoms with Gasteiger partial charge in [0.1, 0.15) is 12.2 Å². The standard InChI is InChI=1S/C13H26N4O/c1-7-14-10(12(18-6)13(2,3)4)8-11-15-9-16-17(11)5/h9-10,12,14H,7-8H2,1-6H3. The SMILES string of the molecule is CCNC(Cc1ncnn1C)C(OC)C(C)(C)C. The average molecular weight is 254 g/mol. The van der Waals surface area contributed by atoms with E-state index in [9.17, 15) is 0 Å². The molecular formula is C13H26N4O. The highest BCUT2D eigenvalue weighted by molar-refractivity contribution is 4.95. The van der Waals surface area contributed by atoms with Gasteiger partial charge in [-0.25, -0.2) is 4.98 Å². The summed E-state index contributed by atoms with van der Waals surface area (Å²) in [7, 11) is 3.70. The zero-order valence-corrected chi connectivity index (χ0v) is 12.4. The van der Waals surface area contributed by atoms with Crippen LogP contribution < -0.4 is 5.32 Å². The fourth-order valence-electron chi connectivity index (χ4n) is 2.37. The molecule has 1 aromatic rings. The van der Waals surface area contributed by atoms with E-state index >= 15 is 0 Å². The first kappa shape index (κ1) is 15.1. The molecule has 5 heteroatoms. The summed E-state index contributed by atoms with van der Waals surface area (Å²) < 4.78 is 7.52. The van der Waals surface area contributed by atoms with Gasteiger partial charge in [0.25, 0.3) is 0 Å². The Morgan fingerprint density at radius 3 is 2.50 bits per heavy atom. The van der Waals surface area contributed by atoms with E-state index in [0.717, 1.165) is 18.8 Å². The first-order valence-corrected chi connectivity index (χ1v) is 6.49. The van der Waals surface area contributed by atoms with Crippen LogP contribution in [0.1, 0.15) is 33.5 Å². The number of hydrogen-bond donors (Lipinski definition) is 1. The third-order valence-electron chi connectivity index (χ3n) is 3.15. The van der Waals surface area contributed by atoms with Crippen molar-refractivity contribution in [2.45, 2.75) is 46.3 Å². The maximum atomic E-state index is 5.70. The van der Waals surface area contributed by atoms with Crippen LogP contribution in [0.4, 0.5) is 0 Å². The number of nitrogens with one attached hydrogen (secondary N) is 1. The van der Waals surface area contributed by atoms with Crippen LogP contribution >= 0.6 is 0 Å². The Bertz CT molecular complexity index is 356. The minimum absolute atomic E-state index is 0.0835. The van der Waals surface area contributed by atoms with Crippen molar-refractivity contribution in [1.82, 2.24) is 20.1 Å². The van der Waals surface area contributed by atoms with E-state index in [2.05, 4.69) is 43.1 Å². The lowest BCUT2D eigenvalue weighted by Crippen LogP contribution is -2.49. The van der Waals surface area contributed by atoms with Gasteiger partial charge in [0, 0.05) is 26.6 Å². The van der Waals surface area contributed by atoms with Crippen molar-refractivity contribution >= 4 is 0 Å². The Hall–Kier alpha value is -0.940. The van der Waals surface area contributed by atoms with E-state index in [0.29, 0.717) is 0 Å². The van der Waals surface area contributed by atoms with Crippen LogP contribution in [0.5, 0.6) is 0 Å². The first-order valence-electron chi connectivity index (χ1n) is 6.49. The fourth-order valence-corrected chi connectivity index (χ4v) is 2.37. The molecule has 18 heavy (non-hydrogen) atoms. The Labute approximate surface area is 110 Å². The molecule has 0 bridgehead atoms. The van der Waals surface area contributed by atoms with Gasteiger partial charge >= 0.3 is 0 Å². The van der Waals surface area contributed by atoms with Crippen molar-refractivity contribution in [2.75, 3.05) is 13.7 Å². The molecule has 0 saturated heterocycles. The highest BCUT2D eigenvalue weighted by atomic mass is 16.5. The molecule has 0 aliphatic rings. The number of hydrogen-bond acceptors (Lipinski definition) is 4. The second-order valence-corrected chi connectivity index (χ2v) is 5.69. The van der Waals surface area contributed by atoms with Crippen LogP contribution in [0.25, 0.3) is 0 Å². The molecule has 0 saturated carbocycles. The van der Waals surface area contributed by atoms with Crippen LogP contribution in [0.15, 0.2) is 6.33 Å². The minimum Gasteiger partial charge on any atom is -0.379 e. The monoisotopic (exact) mass is 254 g/mol. The van der Waals surface area contributed by atoms with Crippen LogP contribution in [-0.4, -0.2) is 40.6 Å². The molecule has 0 aromatic carbocycles. The summed E-state index contributed by atoms with van der Waals surface area (Å²) in [6, 6.07) is 0.239. The van der Waals surface area contributed by atoms with E-state index in [4.69, 9.17) is 4.74 Å². The largest absolute Gasteiger partial charge is 0.379 e. The van der Waals surface area contributed by atoms with E-state index in [-0.39, 0.29) is 17.6 Å². The van der Waals surface area contributed by atoms with Crippen LogP contribution in [0.3, 0.4) is 0 Å². The molecule has 1 rings (SSSR count). The molecule has 2 atom stereocenters. The summed E-state index contributed by atoms with van der Waals surface area (Å²) in [6.07, 6.45) is 2.55. The van der Waals surface area contributed by atoms with Crippen LogP contribution in [0.2, 0.25) is 0 Å². The van der Waals surface area contributed by atoms with E-state index < -0.39 is 0 Å². The van der Waals surface area contributed by atoms with Gasteiger partial charge in [0.05, 0.1) is 6.10 Å². The number of aromatic nitrogens is 3. The Morgan fingerprint density at radius 2 is 2.11 bits per heavy atom. The quantitative estimate of drug-likeness (QED) is 0.833. The normalized spacial score (nSPS) is 15.7. The van der Waals surface area contributed by atoms with Crippen LogP contribution in [0, 0.1) is 5.41 Å². The lowest BCUT2D eigenvalue weighted by Gasteiger charge is -2.36. The van der Waals surface area contributed by atoms with E-state index in [1.165, 1.54) is 0 Å². The number of methoxy groups -OCH3 is 1. The van der Waals surface area contributed by atoms with Crippen molar-refractivity contribution in [3.05, 3.63) is 12.2 Å². The summed E-state index contributed by atoms with van der Waals surface area (Å²) in [5.41, 5.74) is 0.0835. The van der Waals surface area contributed by atoms with Gasteiger partial charge in [-0.3, -0.25) is 4.68 Å². The maximum Gasteiger partial charge on any atom is 0.138 e. The molecule has 1 heterocycles. The molecular weight excluding hydrogens is 228 g/mol. The van der Waals surface area contributed by atoms with Gasteiger partial charge in [0.2, 0.25) is 0 Å². The van der Waals surface area contributed by atoms with Crippen molar-refractivity contribution < 1.29 is 4.74 Å². The van der Waals surface area contributed by atoms with Gasteiger partial charge in [-0.15, -0.1) is 0 Å². The highest BCUT2D eigenvalue weighted by Crippen LogP contribution is 2.25. The third kappa shape index (κ3) is 3.78. The summed E-state index contributed by atoms with van der Waals surface area (Å²) >= 11 is 0. The topological polar surface area (TPSA) is 52.0 Å². The number of ether oxygens (including phenoxy) is 1. The maximum absolute atomic E-state index is 5.70. The summed E-state index contributed by atoms with van der Waals surface area (Å²) in [5.74, 6) is 0.979. The molecule has 0 radical (unpaired) electrons. The molecule has 1 aromatic heterocycles. The molecule has 0 aliphatic carbocycles. The fraction of sp³-hybridized carbons (Fsp3) is 0.846. The molecule has 1 N–H and O–H groups in total. The Kier molecular flexibility index (Phi) is 5.28. The van der Waals surface area contributed by atoms with Gasteiger partial charge in [-0.1, -0.05) is 27.7 Å². The molecule has 2 unspecified atom stereocenters. The molecule has 0 fully saturated rings. The first-order chi connectivity index (χ1) is 8.40. The van der Waals surface area contributed by atoms with Crippen molar-refractivity contribution in [3.63, 3.8) is 0 Å². The van der Waals surface area contributed by atoms with Crippen molar-refractivity contribution in [3.8, 4) is 0 Å². The third-order valence-corrected chi connectivity index (χ3v) is 3.15. The summed E-state index contributed by atoms with van der Waals surface area (Å²) in [6.45, 7) is 9.62. The smallest absolute Gasteiger partial charge is 0.138 e. The van der Waals surface area contributed by atoms with E-state index in [1.54, 1.807) is 13.4 Å². The molecule has 0 spiro atoms. The number of rotatable bonds is 6. The average Bonchev–Trinajstić information content (AvgIpc) is 2.63. The van der Waals surface area contributed by atoms with Gasteiger partial charge in [-0.05, 0) is 12.0 Å². The second kappa shape index (κ2) is 6.29. The van der Waals surface area contributed by atoms with Gasteiger partial charge < -0.3 is 10.1 Å². The van der Waals surface area contributed by atoms with Gasteiger partial charge in [0.15, 0.2) is 0 Å². The van der Waals surface area contributed by atoms with Gasteiger partial charge in [-0.2, -0.15) is 5.10 Å². The molecule has 0 aliphatic heterocycles. The molecule has 104 valence electrons. The van der Waals surface area contributed by atoms with Crippen molar-refractivity contribution in [1.29, 1.82) is 0 Å². The lowest BCUT2D eigenvalue weighted by molar-refractivity contribution is -0.0112. The predicted octanol–water partition coefficient (Wildman–Crippen LogP) is 1.40. The molecule has 0 amide bonds. The van der Waals surface area contributed by atoms with E-state index in [1.807, 2.05) is 11.7 Å². The Balaban J connectivity index is 2.84. The summed E-state index contributed by atoms with van der Waals surface area (Å²) in [4.78, 5) is 4.29. The zero-order valence-electron chi connectivity index (χ0n) is 12.4.